The van der Waals surface area contributed by atoms with Crippen molar-refractivity contribution in [2.75, 3.05) is 32.8 Å². The SMILES string of the molecule is COC(=O)COc1cccc2c1CC(CC(C)C)(C(=O)OC)N2C(=O)c1ccc(C(C)(C)C)c(OC)c1. The van der Waals surface area contributed by atoms with E-state index in [9.17, 15) is 14.4 Å². The summed E-state index contributed by atoms with van der Waals surface area (Å²) in [5, 5.41) is 0. The fourth-order valence-electron chi connectivity index (χ4n) is 5.03. The van der Waals surface area contributed by atoms with Crippen LogP contribution >= 0.6 is 0 Å². The highest BCUT2D eigenvalue weighted by atomic mass is 16.6. The van der Waals surface area contributed by atoms with Gasteiger partial charge < -0.3 is 18.9 Å². The Kier molecular flexibility index (Phi) is 8.20. The predicted molar refractivity (Wildman–Crippen MR) is 140 cm³/mol. The fourth-order valence-corrected chi connectivity index (χ4v) is 5.03. The molecule has 2 aromatic carbocycles. The molecule has 0 fully saturated rings. The van der Waals surface area contributed by atoms with Crippen molar-refractivity contribution in [1.82, 2.24) is 0 Å². The molecule has 0 saturated heterocycles. The maximum absolute atomic E-state index is 14.2. The lowest BCUT2D eigenvalue weighted by atomic mass is 9.84. The molecule has 1 heterocycles. The van der Waals surface area contributed by atoms with E-state index in [1.807, 2.05) is 19.9 Å². The van der Waals surface area contributed by atoms with Crippen LogP contribution in [0, 0.1) is 5.92 Å². The van der Waals surface area contributed by atoms with Crippen LogP contribution in [-0.4, -0.2) is 51.3 Å². The van der Waals surface area contributed by atoms with Crippen molar-refractivity contribution in [1.29, 1.82) is 0 Å². The molecule has 0 radical (unpaired) electrons. The molecule has 200 valence electrons. The van der Waals surface area contributed by atoms with Gasteiger partial charge in [-0.2, -0.15) is 0 Å². The first kappa shape index (κ1) is 28.0. The van der Waals surface area contributed by atoms with E-state index >= 15 is 0 Å². The number of ether oxygens (including phenoxy) is 4. The molecule has 3 rings (SSSR count). The van der Waals surface area contributed by atoms with Crippen LogP contribution in [0.3, 0.4) is 0 Å². The zero-order chi connectivity index (χ0) is 27.5. The minimum atomic E-state index is -1.29. The summed E-state index contributed by atoms with van der Waals surface area (Å²) in [6.07, 6.45) is 0.557. The van der Waals surface area contributed by atoms with Gasteiger partial charge in [0.2, 0.25) is 0 Å². The summed E-state index contributed by atoms with van der Waals surface area (Å²) < 4.78 is 21.4. The number of carbonyl (C=O) groups excluding carboxylic acids is 3. The summed E-state index contributed by atoms with van der Waals surface area (Å²) in [7, 11) is 4.18. The molecule has 37 heavy (non-hydrogen) atoms. The first-order chi connectivity index (χ1) is 17.4. The number of methoxy groups -OCH3 is 3. The molecule has 8 nitrogen and oxygen atoms in total. The van der Waals surface area contributed by atoms with Crippen molar-refractivity contribution in [3.8, 4) is 11.5 Å². The molecule has 8 heteroatoms. The molecule has 2 aromatic rings. The molecule has 0 aromatic heterocycles. The van der Waals surface area contributed by atoms with Crippen molar-refractivity contribution in [3.05, 3.63) is 53.1 Å². The molecular formula is C29H37NO7. The number of anilines is 1. The highest BCUT2D eigenvalue weighted by Gasteiger charge is 2.54. The average Bonchev–Trinajstić information content (AvgIpc) is 3.19. The van der Waals surface area contributed by atoms with Crippen LogP contribution < -0.4 is 14.4 Å². The first-order valence-electron chi connectivity index (χ1n) is 12.3. The lowest BCUT2D eigenvalue weighted by Crippen LogP contribution is -2.57. The Morgan fingerprint density at radius 3 is 2.27 bits per heavy atom. The number of hydrogen-bond donors (Lipinski definition) is 0. The molecule has 1 unspecified atom stereocenters. The molecule has 0 saturated carbocycles. The fraction of sp³-hybridized carbons (Fsp3) is 0.483. The molecule has 0 N–H and O–H groups in total. The number of rotatable bonds is 8. The van der Waals surface area contributed by atoms with E-state index in [0.29, 0.717) is 34.7 Å². The van der Waals surface area contributed by atoms with Gasteiger partial charge in [-0.1, -0.05) is 46.8 Å². The van der Waals surface area contributed by atoms with E-state index in [2.05, 4.69) is 20.8 Å². The summed E-state index contributed by atoms with van der Waals surface area (Å²) >= 11 is 0. The third-order valence-corrected chi connectivity index (χ3v) is 6.59. The topological polar surface area (TPSA) is 91.4 Å². The summed E-state index contributed by atoms with van der Waals surface area (Å²) in [6, 6.07) is 10.6. The lowest BCUT2D eigenvalue weighted by Gasteiger charge is -2.37. The second-order valence-corrected chi connectivity index (χ2v) is 10.7. The lowest BCUT2D eigenvalue weighted by molar-refractivity contribution is -0.147. The van der Waals surface area contributed by atoms with Gasteiger partial charge in [0.15, 0.2) is 6.61 Å². The van der Waals surface area contributed by atoms with E-state index in [4.69, 9.17) is 18.9 Å². The number of fused-ring (bicyclic) bond motifs is 1. The van der Waals surface area contributed by atoms with Gasteiger partial charge in [0.05, 0.1) is 27.0 Å². The Hall–Kier alpha value is -3.55. The highest BCUT2D eigenvalue weighted by molar-refractivity contribution is 6.13. The van der Waals surface area contributed by atoms with Gasteiger partial charge in [0, 0.05) is 17.5 Å². The van der Waals surface area contributed by atoms with Crippen molar-refractivity contribution >= 4 is 23.5 Å². The number of esters is 2. The van der Waals surface area contributed by atoms with E-state index in [1.165, 1.54) is 19.1 Å². The Morgan fingerprint density at radius 1 is 1.00 bits per heavy atom. The van der Waals surface area contributed by atoms with Gasteiger partial charge in [0.1, 0.15) is 17.0 Å². The first-order valence-corrected chi connectivity index (χ1v) is 12.3. The monoisotopic (exact) mass is 511 g/mol. The largest absolute Gasteiger partial charge is 0.496 e. The summed E-state index contributed by atoms with van der Waals surface area (Å²) in [5.41, 5.74) is 1.07. The van der Waals surface area contributed by atoms with Crippen molar-refractivity contribution in [2.45, 2.75) is 58.4 Å². The molecule has 0 bridgehead atoms. The number of nitrogens with zero attached hydrogens (tertiary/aromatic N) is 1. The molecule has 0 aliphatic carbocycles. The van der Waals surface area contributed by atoms with Crippen LogP contribution in [0.5, 0.6) is 11.5 Å². The normalized spacial score (nSPS) is 16.8. The Bertz CT molecular complexity index is 1180. The maximum Gasteiger partial charge on any atom is 0.343 e. The smallest absolute Gasteiger partial charge is 0.343 e. The molecule has 1 amide bonds. The predicted octanol–water partition coefficient (Wildman–Crippen LogP) is 4.71. The second-order valence-electron chi connectivity index (χ2n) is 10.7. The third-order valence-electron chi connectivity index (χ3n) is 6.59. The maximum atomic E-state index is 14.2. The summed E-state index contributed by atoms with van der Waals surface area (Å²) in [5.74, 6) is -0.315. The van der Waals surface area contributed by atoms with Crippen molar-refractivity contribution < 1.29 is 33.3 Å². The number of carbonyl (C=O) groups is 3. The van der Waals surface area contributed by atoms with Gasteiger partial charge >= 0.3 is 11.9 Å². The highest BCUT2D eigenvalue weighted by Crippen LogP contribution is 2.47. The van der Waals surface area contributed by atoms with Gasteiger partial charge in [-0.15, -0.1) is 0 Å². The van der Waals surface area contributed by atoms with Gasteiger partial charge in [0.25, 0.3) is 5.91 Å². The van der Waals surface area contributed by atoms with Crippen LogP contribution in [0.1, 0.15) is 62.5 Å². The quantitative estimate of drug-likeness (QED) is 0.474. The second kappa shape index (κ2) is 10.8. The summed E-state index contributed by atoms with van der Waals surface area (Å²) in [6.45, 7) is 9.91. The Labute approximate surface area is 218 Å². The number of hydrogen-bond acceptors (Lipinski definition) is 7. The Morgan fingerprint density at radius 2 is 1.70 bits per heavy atom. The van der Waals surface area contributed by atoms with Gasteiger partial charge in [-0.05, 0) is 47.6 Å². The van der Waals surface area contributed by atoms with E-state index in [-0.39, 0.29) is 30.3 Å². The van der Waals surface area contributed by atoms with E-state index in [1.54, 1.807) is 37.4 Å². The van der Waals surface area contributed by atoms with Crippen molar-refractivity contribution in [3.63, 3.8) is 0 Å². The number of amides is 1. The zero-order valence-electron chi connectivity index (χ0n) is 23.0. The molecular weight excluding hydrogens is 474 g/mol. The molecule has 1 aliphatic rings. The van der Waals surface area contributed by atoms with Gasteiger partial charge in [-0.25, -0.2) is 9.59 Å². The number of benzene rings is 2. The van der Waals surface area contributed by atoms with E-state index in [0.717, 1.165) is 5.56 Å². The standard InChI is InChI=1S/C29H37NO7/c1-18(2)15-29(27(33)36-8)16-20-22(10-9-11-23(20)37-17-25(31)35-7)30(29)26(32)19-12-13-21(28(3,4)5)24(14-19)34-6/h9-14,18H,15-17H2,1-8H3. The zero-order valence-corrected chi connectivity index (χ0v) is 23.0. The van der Waals surface area contributed by atoms with Crippen LogP contribution in [0.4, 0.5) is 5.69 Å². The molecule has 1 aliphatic heterocycles. The minimum Gasteiger partial charge on any atom is -0.496 e. The van der Waals surface area contributed by atoms with E-state index < -0.39 is 17.5 Å². The van der Waals surface area contributed by atoms with Crippen molar-refractivity contribution in [2.24, 2.45) is 5.92 Å². The van der Waals surface area contributed by atoms with Gasteiger partial charge in [-0.3, -0.25) is 9.69 Å². The Balaban J connectivity index is 2.19. The van der Waals surface area contributed by atoms with Crippen LogP contribution in [0.25, 0.3) is 0 Å². The molecule has 0 spiro atoms. The average molecular weight is 512 g/mol. The van der Waals surface area contributed by atoms with Crippen LogP contribution in [0.2, 0.25) is 0 Å². The van der Waals surface area contributed by atoms with Crippen LogP contribution in [0.15, 0.2) is 36.4 Å². The third kappa shape index (κ3) is 5.43. The molecule has 1 atom stereocenters. The minimum absolute atomic E-state index is 0.0703. The summed E-state index contributed by atoms with van der Waals surface area (Å²) in [4.78, 5) is 41.0. The van der Waals surface area contributed by atoms with Crippen LogP contribution in [-0.2, 0) is 30.9 Å².